The molecule has 0 saturated carbocycles. The predicted molar refractivity (Wildman–Crippen MR) is 68.8 cm³/mol. The lowest BCUT2D eigenvalue weighted by Crippen LogP contribution is -2.13. The molecule has 15 heavy (non-hydrogen) atoms. The van der Waals surface area contributed by atoms with E-state index in [-0.39, 0.29) is 0 Å². The number of hydrogen-bond donors (Lipinski definition) is 2. The molecule has 0 aliphatic carbocycles. The molecule has 0 unspecified atom stereocenters. The third-order valence-electron chi connectivity index (χ3n) is 2.59. The van der Waals surface area contributed by atoms with Crippen LogP contribution in [0.25, 0.3) is 0 Å². The standard InChI is InChI=1S/C13H28N2/c1-3-4-7-10-13(2)15-12-9-6-5-8-11-14/h15H,2-12,14H2,1H3. The Kier molecular flexibility index (Phi) is 11.2. The molecular formula is C13H28N2. The van der Waals surface area contributed by atoms with Gasteiger partial charge in [-0.15, -0.1) is 0 Å². The van der Waals surface area contributed by atoms with Gasteiger partial charge in [0, 0.05) is 12.2 Å². The van der Waals surface area contributed by atoms with Gasteiger partial charge in [0.1, 0.15) is 0 Å². The fourth-order valence-electron chi connectivity index (χ4n) is 1.56. The minimum Gasteiger partial charge on any atom is -0.389 e. The summed E-state index contributed by atoms with van der Waals surface area (Å²) in [7, 11) is 0. The van der Waals surface area contributed by atoms with E-state index in [0.29, 0.717) is 0 Å². The van der Waals surface area contributed by atoms with Crippen LogP contribution in [0.3, 0.4) is 0 Å². The highest BCUT2D eigenvalue weighted by molar-refractivity contribution is 4.90. The van der Waals surface area contributed by atoms with Crippen molar-refractivity contribution in [2.24, 2.45) is 5.73 Å². The minimum absolute atomic E-state index is 0.831. The van der Waals surface area contributed by atoms with Crippen molar-refractivity contribution in [2.75, 3.05) is 13.1 Å². The van der Waals surface area contributed by atoms with Gasteiger partial charge in [-0.05, 0) is 32.2 Å². The number of nitrogens with two attached hydrogens (primary N) is 1. The van der Waals surface area contributed by atoms with E-state index >= 15 is 0 Å². The van der Waals surface area contributed by atoms with Crippen LogP contribution in [0.4, 0.5) is 0 Å². The van der Waals surface area contributed by atoms with E-state index in [2.05, 4.69) is 18.8 Å². The Bertz CT molecular complexity index is 143. The van der Waals surface area contributed by atoms with Crippen LogP contribution in [-0.4, -0.2) is 13.1 Å². The highest BCUT2D eigenvalue weighted by Gasteiger charge is 1.93. The van der Waals surface area contributed by atoms with Crippen LogP contribution in [0.15, 0.2) is 12.3 Å². The summed E-state index contributed by atoms with van der Waals surface area (Å²) in [5.74, 6) is 0. The van der Waals surface area contributed by atoms with Gasteiger partial charge in [-0.2, -0.15) is 0 Å². The maximum atomic E-state index is 5.43. The normalized spacial score (nSPS) is 10.3. The highest BCUT2D eigenvalue weighted by Crippen LogP contribution is 2.05. The van der Waals surface area contributed by atoms with E-state index in [1.807, 2.05) is 0 Å². The molecule has 0 spiro atoms. The topological polar surface area (TPSA) is 38.0 Å². The van der Waals surface area contributed by atoms with Gasteiger partial charge in [-0.25, -0.2) is 0 Å². The molecule has 0 atom stereocenters. The fraction of sp³-hybridized carbons (Fsp3) is 0.846. The van der Waals surface area contributed by atoms with Crippen LogP contribution >= 0.6 is 0 Å². The first-order chi connectivity index (χ1) is 7.31. The molecule has 2 heteroatoms. The first kappa shape index (κ1) is 14.5. The molecule has 0 rings (SSSR count). The van der Waals surface area contributed by atoms with E-state index in [1.54, 1.807) is 0 Å². The minimum atomic E-state index is 0.831. The van der Waals surface area contributed by atoms with E-state index < -0.39 is 0 Å². The second kappa shape index (κ2) is 11.6. The maximum Gasteiger partial charge on any atom is 0.0143 e. The number of nitrogens with one attached hydrogen (secondary N) is 1. The summed E-state index contributed by atoms with van der Waals surface area (Å²) in [5, 5.41) is 3.39. The summed E-state index contributed by atoms with van der Waals surface area (Å²) in [6.07, 6.45) is 9.97. The van der Waals surface area contributed by atoms with Crippen molar-refractivity contribution in [3.63, 3.8) is 0 Å². The highest BCUT2D eigenvalue weighted by atomic mass is 14.9. The Labute approximate surface area is 95.3 Å². The fourth-order valence-corrected chi connectivity index (χ4v) is 1.56. The zero-order valence-corrected chi connectivity index (χ0v) is 10.4. The molecule has 0 fully saturated rings. The number of hydrogen-bond acceptors (Lipinski definition) is 2. The molecule has 0 aromatic rings. The molecule has 0 amide bonds. The Morgan fingerprint density at radius 3 is 2.47 bits per heavy atom. The summed E-state index contributed by atoms with van der Waals surface area (Å²) in [6.45, 7) is 8.17. The van der Waals surface area contributed by atoms with Crippen molar-refractivity contribution < 1.29 is 0 Å². The van der Waals surface area contributed by atoms with E-state index in [1.165, 1.54) is 44.2 Å². The summed E-state index contributed by atoms with van der Waals surface area (Å²) in [4.78, 5) is 0. The Morgan fingerprint density at radius 2 is 1.80 bits per heavy atom. The Morgan fingerprint density at radius 1 is 1.07 bits per heavy atom. The predicted octanol–water partition coefficient (Wildman–Crippen LogP) is 3.19. The number of allylic oxidation sites excluding steroid dienone is 1. The first-order valence-corrected chi connectivity index (χ1v) is 6.43. The average molecular weight is 212 g/mol. The zero-order chi connectivity index (χ0) is 11.4. The summed E-state index contributed by atoms with van der Waals surface area (Å²) < 4.78 is 0. The molecule has 0 heterocycles. The van der Waals surface area contributed by atoms with E-state index in [0.717, 1.165) is 25.9 Å². The molecule has 0 radical (unpaired) electrons. The molecule has 0 aliphatic rings. The molecule has 3 N–H and O–H groups in total. The molecule has 0 aromatic heterocycles. The third kappa shape index (κ3) is 11.4. The maximum absolute atomic E-state index is 5.43. The lowest BCUT2D eigenvalue weighted by atomic mass is 10.1. The van der Waals surface area contributed by atoms with Crippen LogP contribution in [0.1, 0.15) is 58.3 Å². The lowest BCUT2D eigenvalue weighted by molar-refractivity contribution is 0.604. The summed E-state index contributed by atoms with van der Waals surface area (Å²) >= 11 is 0. The third-order valence-corrected chi connectivity index (χ3v) is 2.59. The van der Waals surface area contributed by atoms with Crippen molar-refractivity contribution in [3.05, 3.63) is 12.3 Å². The van der Waals surface area contributed by atoms with Gasteiger partial charge in [0.15, 0.2) is 0 Å². The van der Waals surface area contributed by atoms with Crippen molar-refractivity contribution in [3.8, 4) is 0 Å². The van der Waals surface area contributed by atoms with E-state index in [4.69, 9.17) is 5.73 Å². The van der Waals surface area contributed by atoms with Crippen LogP contribution in [0.2, 0.25) is 0 Å². The molecule has 90 valence electrons. The molecule has 0 saturated heterocycles. The van der Waals surface area contributed by atoms with Crippen molar-refractivity contribution in [2.45, 2.75) is 58.3 Å². The lowest BCUT2D eigenvalue weighted by Gasteiger charge is -2.08. The van der Waals surface area contributed by atoms with Crippen LogP contribution < -0.4 is 11.1 Å². The second-order valence-electron chi connectivity index (χ2n) is 4.19. The van der Waals surface area contributed by atoms with E-state index in [9.17, 15) is 0 Å². The van der Waals surface area contributed by atoms with Gasteiger partial charge in [0.05, 0.1) is 0 Å². The Hall–Kier alpha value is -0.500. The second-order valence-corrected chi connectivity index (χ2v) is 4.19. The van der Waals surface area contributed by atoms with Crippen LogP contribution in [0, 0.1) is 0 Å². The van der Waals surface area contributed by atoms with Gasteiger partial charge >= 0.3 is 0 Å². The molecule has 0 aliphatic heterocycles. The quantitative estimate of drug-likeness (QED) is 0.516. The summed E-state index contributed by atoms with van der Waals surface area (Å²) in [6, 6.07) is 0. The number of rotatable bonds is 11. The van der Waals surface area contributed by atoms with Gasteiger partial charge in [-0.1, -0.05) is 39.2 Å². The Balaban J connectivity index is 3.10. The van der Waals surface area contributed by atoms with Gasteiger partial charge < -0.3 is 11.1 Å². The SMILES string of the molecule is C=C(CCCCC)NCCCCCCN. The molecule has 0 aromatic carbocycles. The van der Waals surface area contributed by atoms with Crippen molar-refractivity contribution in [1.82, 2.24) is 5.32 Å². The monoisotopic (exact) mass is 212 g/mol. The van der Waals surface area contributed by atoms with Gasteiger partial charge in [-0.3, -0.25) is 0 Å². The van der Waals surface area contributed by atoms with Crippen molar-refractivity contribution >= 4 is 0 Å². The van der Waals surface area contributed by atoms with Crippen LogP contribution in [-0.2, 0) is 0 Å². The zero-order valence-electron chi connectivity index (χ0n) is 10.4. The number of unbranched alkanes of at least 4 members (excludes halogenated alkanes) is 5. The van der Waals surface area contributed by atoms with Crippen LogP contribution in [0.5, 0.6) is 0 Å². The average Bonchev–Trinajstić information content (AvgIpc) is 2.23. The van der Waals surface area contributed by atoms with Gasteiger partial charge in [0.25, 0.3) is 0 Å². The molecular weight excluding hydrogens is 184 g/mol. The van der Waals surface area contributed by atoms with Gasteiger partial charge in [0.2, 0.25) is 0 Å². The molecule has 0 bridgehead atoms. The van der Waals surface area contributed by atoms with Crippen molar-refractivity contribution in [1.29, 1.82) is 0 Å². The largest absolute Gasteiger partial charge is 0.389 e. The smallest absolute Gasteiger partial charge is 0.0143 e. The first-order valence-electron chi connectivity index (χ1n) is 6.43. The molecule has 2 nitrogen and oxygen atoms in total. The summed E-state index contributed by atoms with van der Waals surface area (Å²) in [5.41, 5.74) is 6.64.